The van der Waals surface area contributed by atoms with Crippen LogP contribution in [0.1, 0.15) is 30.0 Å². The first-order valence-electron chi connectivity index (χ1n) is 7.02. The average Bonchev–Trinajstić information content (AvgIpc) is 2.91. The number of benzene rings is 1. The van der Waals surface area contributed by atoms with Gasteiger partial charge in [0.15, 0.2) is 0 Å². The van der Waals surface area contributed by atoms with Crippen LogP contribution >= 0.6 is 0 Å². The molecular formula is C15H22N2O. The van der Waals surface area contributed by atoms with Crippen LogP contribution in [0.4, 0.5) is 0 Å². The normalized spacial score (nSPS) is 28.3. The Hall–Kier alpha value is -0.900. The molecule has 2 aliphatic heterocycles. The molecule has 18 heavy (non-hydrogen) atoms. The van der Waals surface area contributed by atoms with Gasteiger partial charge in [0, 0.05) is 32.3 Å². The Bertz CT molecular complexity index is 401. The van der Waals surface area contributed by atoms with E-state index >= 15 is 0 Å². The second-order valence-corrected chi connectivity index (χ2v) is 5.33. The summed E-state index contributed by atoms with van der Waals surface area (Å²) in [6.45, 7) is 3.78. The zero-order valence-electron chi connectivity index (χ0n) is 10.8. The van der Waals surface area contributed by atoms with Crippen molar-refractivity contribution in [2.45, 2.75) is 31.4 Å². The van der Waals surface area contributed by atoms with Crippen molar-refractivity contribution in [3.63, 3.8) is 0 Å². The largest absolute Gasteiger partial charge is 0.377 e. The minimum Gasteiger partial charge on any atom is -0.377 e. The molecule has 2 atom stereocenters. The van der Waals surface area contributed by atoms with Gasteiger partial charge in [0.05, 0.1) is 6.10 Å². The zero-order chi connectivity index (χ0) is 12.4. The van der Waals surface area contributed by atoms with E-state index in [0.717, 1.165) is 26.1 Å². The second kappa shape index (κ2) is 5.39. The molecule has 0 amide bonds. The van der Waals surface area contributed by atoms with Crippen molar-refractivity contribution >= 4 is 0 Å². The van der Waals surface area contributed by atoms with Crippen LogP contribution in [0.15, 0.2) is 24.3 Å². The summed E-state index contributed by atoms with van der Waals surface area (Å²) in [4.78, 5) is 2.51. The molecule has 2 N–H and O–H groups in total. The van der Waals surface area contributed by atoms with Gasteiger partial charge in [-0.05, 0) is 30.4 Å². The van der Waals surface area contributed by atoms with Gasteiger partial charge in [-0.15, -0.1) is 0 Å². The Labute approximate surface area is 109 Å². The predicted molar refractivity (Wildman–Crippen MR) is 72.5 cm³/mol. The van der Waals surface area contributed by atoms with E-state index in [2.05, 4.69) is 29.2 Å². The molecule has 1 saturated heterocycles. The van der Waals surface area contributed by atoms with E-state index in [1.54, 1.807) is 0 Å². The van der Waals surface area contributed by atoms with Crippen LogP contribution in [0.5, 0.6) is 0 Å². The number of nitrogens with two attached hydrogens (primary N) is 1. The molecular weight excluding hydrogens is 224 g/mol. The maximum Gasteiger partial charge on any atom is 0.0703 e. The molecule has 2 heterocycles. The average molecular weight is 246 g/mol. The van der Waals surface area contributed by atoms with Gasteiger partial charge in [-0.25, -0.2) is 0 Å². The van der Waals surface area contributed by atoms with E-state index in [1.165, 1.54) is 24.0 Å². The maximum absolute atomic E-state index is 6.00. The SMILES string of the molecule is NCC1c2ccccc2CCN1CC1CCCO1. The summed E-state index contributed by atoms with van der Waals surface area (Å²) < 4.78 is 5.75. The Kier molecular flexibility index (Phi) is 3.64. The molecule has 0 bridgehead atoms. The lowest BCUT2D eigenvalue weighted by molar-refractivity contribution is 0.0549. The van der Waals surface area contributed by atoms with E-state index in [4.69, 9.17) is 10.5 Å². The lowest BCUT2D eigenvalue weighted by atomic mass is 9.92. The molecule has 2 unspecified atom stereocenters. The Morgan fingerprint density at radius 3 is 3.00 bits per heavy atom. The van der Waals surface area contributed by atoms with Crippen LogP contribution in [0, 0.1) is 0 Å². The first-order chi connectivity index (χ1) is 8.88. The summed E-state index contributed by atoms with van der Waals surface area (Å²) in [6.07, 6.45) is 3.97. The number of fused-ring (bicyclic) bond motifs is 1. The van der Waals surface area contributed by atoms with Gasteiger partial charge in [-0.1, -0.05) is 24.3 Å². The van der Waals surface area contributed by atoms with Crippen LogP contribution in [-0.2, 0) is 11.2 Å². The minimum absolute atomic E-state index is 0.374. The lowest BCUT2D eigenvalue weighted by Gasteiger charge is -2.37. The van der Waals surface area contributed by atoms with Gasteiger partial charge in [-0.2, -0.15) is 0 Å². The second-order valence-electron chi connectivity index (χ2n) is 5.33. The summed E-state index contributed by atoms with van der Waals surface area (Å²) >= 11 is 0. The molecule has 1 fully saturated rings. The monoisotopic (exact) mass is 246 g/mol. The highest BCUT2D eigenvalue weighted by atomic mass is 16.5. The molecule has 0 spiro atoms. The quantitative estimate of drug-likeness (QED) is 0.882. The molecule has 2 aliphatic rings. The van der Waals surface area contributed by atoms with E-state index in [9.17, 15) is 0 Å². The standard InChI is InChI=1S/C15H22N2O/c16-10-15-14-6-2-1-4-12(14)7-8-17(15)11-13-5-3-9-18-13/h1-2,4,6,13,15H,3,5,7-11,16H2. The van der Waals surface area contributed by atoms with Gasteiger partial charge in [0.1, 0.15) is 0 Å². The summed E-state index contributed by atoms with van der Waals surface area (Å²) in [5.41, 5.74) is 8.89. The van der Waals surface area contributed by atoms with Gasteiger partial charge in [0.25, 0.3) is 0 Å². The first-order valence-corrected chi connectivity index (χ1v) is 7.02. The van der Waals surface area contributed by atoms with Gasteiger partial charge < -0.3 is 10.5 Å². The van der Waals surface area contributed by atoms with Crippen molar-refractivity contribution in [3.05, 3.63) is 35.4 Å². The van der Waals surface area contributed by atoms with E-state index < -0.39 is 0 Å². The number of ether oxygens (including phenoxy) is 1. The van der Waals surface area contributed by atoms with E-state index in [1.807, 2.05) is 0 Å². The first kappa shape index (κ1) is 12.2. The third-order valence-corrected chi connectivity index (χ3v) is 4.21. The Morgan fingerprint density at radius 1 is 1.33 bits per heavy atom. The highest BCUT2D eigenvalue weighted by Gasteiger charge is 2.29. The number of hydrogen-bond acceptors (Lipinski definition) is 3. The lowest BCUT2D eigenvalue weighted by Crippen LogP contribution is -2.43. The van der Waals surface area contributed by atoms with Crippen molar-refractivity contribution < 1.29 is 4.74 Å². The molecule has 3 nitrogen and oxygen atoms in total. The number of rotatable bonds is 3. The minimum atomic E-state index is 0.374. The molecule has 1 aromatic rings. The highest BCUT2D eigenvalue weighted by molar-refractivity contribution is 5.32. The Morgan fingerprint density at radius 2 is 2.22 bits per heavy atom. The predicted octanol–water partition coefficient (Wildman–Crippen LogP) is 1.72. The zero-order valence-corrected chi connectivity index (χ0v) is 10.8. The fourth-order valence-electron chi connectivity index (χ4n) is 3.25. The summed E-state index contributed by atoms with van der Waals surface area (Å²) in [5.74, 6) is 0. The van der Waals surface area contributed by atoms with Gasteiger partial charge in [-0.3, -0.25) is 4.90 Å². The molecule has 0 saturated carbocycles. The molecule has 98 valence electrons. The third-order valence-electron chi connectivity index (χ3n) is 4.21. The van der Waals surface area contributed by atoms with Crippen molar-refractivity contribution in [1.29, 1.82) is 0 Å². The van der Waals surface area contributed by atoms with Crippen molar-refractivity contribution in [2.24, 2.45) is 5.73 Å². The summed E-state index contributed by atoms with van der Waals surface area (Å²) in [7, 11) is 0. The van der Waals surface area contributed by atoms with Crippen molar-refractivity contribution in [3.8, 4) is 0 Å². The fourth-order valence-corrected chi connectivity index (χ4v) is 3.25. The molecule has 0 aliphatic carbocycles. The van der Waals surface area contributed by atoms with Crippen LogP contribution in [0.3, 0.4) is 0 Å². The molecule has 0 radical (unpaired) electrons. The summed E-state index contributed by atoms with van der Waals surface area (Å²) in [6, 6.07) is 9.09. The smallest absolute Gasteiger partial charge is 0.0703 e. The van der Waals surface area contributed by atoms with Crippen molar-refractivity contribution in [2.75, 3.05) is 26.2 Å². The molecule has 0 aromatic heterocycles. The van der Waals surface area contributed by atoms with Gasteiger partial charge in [0.2, 0.25) is 0 Å². The fraction of sp³-hybridized carbons (Fsp3) is 0.600. The molecule has 3 rings (SSSR count). The van der Waals surface area contributed by atoms with Crippen LogP contribution in [0.2, 0.25) is 0 Å². The van der Waals surface area contributed by atoms with E-state index in [0.29, 0.717) is 18.7 Å². The third kappa shape index (κ3) is 2.30. The Balaban J connectivity index is 1.76. The highest BCUT2D eigenvalue weighted by Crippen LogP contribution is 2.29. The summed E-state index contributed by atoms with van der Waals surface area (Å²) in [5, 5.41) is 0. The topological polar surface area (TPSA) is 38.5 Å². The molecule has 3 heteroatoms. The number of nitrogens with zero attached hydrogens (tertiary/aromatic N) is 1. The maximum atomic E-state index is 6.00. The van der Waals surface area contributed by atoms with Crippen molar-refractivity contribution in [1.82, 2.24) is 4.90 Å². The van der Waals surface area contributed by atoms with Crippen LogP contribution < -0.4 is 5.73 Å². The van der Waals surface area contributed by atoms with E-state index in [-0.39, 0.29) is 0 Å². The van der Waals surface area contributed by atoms with Crippen LogP contribution in [0.25, 0.3) is 0 Å². The molecule has 1 aromatic carbocycles. The number of hydrogen-bond donors (Lipinski definition) is 1. The van der Waals surface area contributed by atoms with Gasteiger partial charge >= 0.3 is 0 Å². The van der Waals surface area contributed by atoms with Crippen LogP contribution in [-0.4, -0.2) is 37.2 Å².